The zero-order valence-electron chi connectivity index (χ0n) is 17.7. The number of rotatable bonds is 5. The maximum Gasteiger partial charge on any atom is 0.316 e. The number of hydrogen-bond donors (Lipinski definition) is 0. The topological polar surface area (TPSA) is 84.0 Å². The second kappa shape index (κ2) is 8.98. The molecule has 0 unspecified atom stereocenters. The van der Waals surface area contributed by atoms with Gasteiger partial charge in [0, 0.05) is 27.2 Å². The van der Waals surface area contributed by atoms with Crippen LogP contribution in [0.3, 0.4) is 0 Å². The number of hydrogen-bond acceptors (Lipinski definition) is 5. The van der Waals surface area contributed by atoms with Gasteiger partial charge in [-0.2, -0.15) is 0 Å². The van der Waals surface area contributed by atoms with Gasteiger partial charge in [0.2, 0.25) is 10.0 Å². The SMILES string of the molecule is COC(=O)C1(c2ccccc2)CCN(C(=O)c2cc(S(=O)(=O)N(C)C)ccc2Cl)CC1. The molecule has 0 atom stereocenters. The van der Waals surface area contributed by atoms with Gasteiger partial charge in [-0.25, -0.2) is 12.7 Å². The summed E-state index contributed by atoms with van der Waals surface area (Å²) in [6.45, 7) is 0.619. The standard InChI is InChI=1S/C22H25ClN2O5S/c1-24(2)31(28,29)17-9-10-19(23)18(15-17)20(26)25-13-11-22(12-14-25,21(27)30-3)16-7-5-4-6-8-16/h4-10,15H,11-14H2,1-3H3. The summed E-state index contributed by atoms with van der Waals surface area (Å²) >= 11 is 6.23. The normalized spacial score (nSPS) is 16.2. The summed E-state index contributed by atoms with van der Waals surface area (Å²) in [7, 11) is 0.501. The molecule has 1 fully saturated rings. The van der Waals surface area contributed by atoms with Crippen LogP contribution in [0.4, 0.5) is 0 Å². The third kappa shape index (κ3) is 4.33. The van der Waals surface area contributed by atoms with Crippen LogP contribution >= 0.6 is 11.6 Å². The number of benzene rings is 2. The molecular weight excluding hydrogens is 440 g/mol. The Hall–Kier alpha value is -2.42. The first-order chi connectivity index (χ1) is 14.6. The molecular formula is C22H25ClN2O5S. The number of amides is 1. The van der Waals surface area contributed by atoms with Gasteiger partial charge in [-0.05, 0) is 36.6 Å². The molecule has 0 aromatic heterocycles. The molecule has 0 radical (unpaired) electrons. The molecule has 166 valence electrons. The van der Waals surface area contributed by atoms with Crippen molar-refractivity contribution in [3.8, 4) is 0 Å². The number of sulfonamides is 1. The van der Waals surface area contributed by atoms with Crippen LogP contribution in [0.25, 0.3) is 0 Å². The summed E-state index contributed by atoms with van der Waals surface area (Å²) < 4.78 is 31.1. The molecule has 7 nitrogen and oxygen atoms in total. The van der Waals surface area contributed by atoms with E-state index in [-0.39, 0.29) is 27.4 Å². The number of carbonyl (C=O) groups excluding carboxylic acids is 2. The third-order valence-corrected chi connectivity index (χ3v) is 7.89. The summed E-state index contributed by atoms with van der Waals surface area (Å²) in [5.74, 6) is -0.699. The lowest BCUT2D eigenvalue weighted by atomic mass is 9.72. The van der Waals surface area contributed by atoms with Gasteiger partial charge in [0.25, 0.3) is 5.91 Å². The average molecular weight is 465 g/mol. The second-order valence-corrected chi connectivity index (χ2v) is 10.2. The van der Waals surface area contributed by atoms with Crippen molar-refractivity contribution < 1.29 is 22.7 Å². The van der Waals surface area contributed by atoms with Gasteiger partial charge < -0.3 is 9.64 Å². The van der Waals surface area contributed by atoms with Crippen LogP contribution < -0.4 is 0 Å². The third-order valence-electron chi connectivity index (χ3n) is 5.75. The predicted octanol–water partition coefficient (Wildman–Crippen LogP) is 2.94. The fourth-order valence-corrected chi connectivity index (χ4v) is 4.99. The van der Waals surface area contributed by atoms with Crippen molar-refractivity contribution >= 4 is 33.5 Å². The molecule has 1 saturated heterocycles. The van der Waals surface area contributed by atoms with Crippen LogP contribution in [0.15, 0.2) is 53.4 Å². The van der Waals surface area contributed by atoms with E-state index in [0.29, 0.717) is 25.9 Å². The fourth-order valence-electron chi connectivity index (χ4n) is 3.86. The fraction of sp³-hybridized carbons (Fsp3) is 0.364. The molecule has 31 heavy (non-hydrogen) atoms. The Balaban J connectivity index is 1.87. The van der Waals surface area contributed by atoms with E-state index >= 15 is 0 Å². The highest BCUT2D eigenvalue weighted by Crippen LogP contribution is 2.37. The van der Waals surface area contributed by atoms with Crippen LogP contribution in [-0.4, -0.2) is 63.8 Å². The molecule has 1 heterocycles. The van der Waals surface area contributed by atoms with Crippen molar-refractivity contribution in [1.82, 2.24) is 9.21 Å². The summed E-state index contributed by atoms with van der Waals surface area (Å²) in [5, 5.41) is 0.176. The molecule has 1 aliphatic rings. The van der Waals surface area contributed by atoms with Gasteiger partial charge in [0.15, 0.2) is 0 Å². The minimum Gasteiger partial charge on any atom is -0.468 e. The second-order valence-electron chi connectivity index (χ2n) is 7.66. The Morgan fingerprint density at radius 1 is 1.06 bits per heavy atom. The average Bonchev–Trinajstić information content (AvgIpc) is 2.78. The maximum atomic E-state index is 13.2. The lowest BCUT2D eigenvalue weighted by molar-refractivity contribution is -0.149. The summed E-state index contributed by atoms with van der Waals surface area (Å²) in [6, 6.07) is 13.5. The van der Waals surface area contributed by atoms with Gasteiger partial charge in [-0.15, -0.1) is 0 Å². The van der Waals surface area contributed by atoms with E-state index in [1.165, 1.54) is 39.4 Å². The van der Waals surface area contributed by atoms with Crippen LogP contribution in [0.2, 0.25) is 5.02 Å². The first-order valence-electron chi connectivity index (χ1n) is 9.79. The van der Waals surface area contributed by atoms with Crippen LogP contribution in [-0.2, 0) is 25.0 Å². The van der Waals surface area contributed by atoms with Gasteiger partial charge in [0.05, 0.1) is 28.0 Å². The number of esters is 1. The Morgan fingerprint density at radius 3 is 2.23 bits per heavy atom. The molecule has 1 amide bonds. The van der Waals surface area contributed by atoms with Crippen molar-refractivity contribution in [1.29, 1.82) is 0 Å². The number of piperidine rings is 1. The minimum atomic E-state index is -3.71. The van der Waals surface area contributed by atoms with Crippen LogP contribution in [0.5, 0.6) is 0 Å². The Bertz CT molecular complexity index is 1080. The van der Waals surface area contributed by atoms with Crippen LogP contribution in [0.1, 0.15) is 28.8 Å². The van der Waals surface area contributed by atoms with E-state index in [1.807, 2.05) is 30.3 Å². The summed E-state index contributed by atoms with van der Waals surface area (Å²) in [6.07, 6.45) is 0.783. The van der Waals surface area contributed by atoms with E-state index in [1.54, 1.807) is 4.90 Å². The molecule has 2 aromatic rings. The van der Waals surface area contributed by atoms with E-state index in [0.717, 1.165) is 9.87 Å². The number of nitrogens with zero attached hydrogens (tertiary/aromatic N) is 2. The first-order valence-corrected chi connectivity index (χ1v) is 11.6. The number of ether oxygens (including phenoxy) is 1. The highest BCUT2D eigenvalue weighted by molar-refractivity contribution is 7.89. The molecule has 0 bridgehead atoms. The monoisotopic (exact) mass is 464 g/mol. The highest BCUT2D eigenvalue weighted by Gasteiger charge is 2.45. The Morgan fingerprint density at radius 2 is 1.68 bits per heavy atom. The number of methoxy groups -OCH3 is 1. The lowest BCUT2D eigenvalue weighted by Gasteiger charge is -2.40. The molecule has 0 N–H and O–H groups in total. The van der Waals surface area contributed by atoms with Crippen molar-refractivity contribution in [2.75, 3.05) is 34.3 Å². The van der Waals surface area contributed by atoms with E-state index in [2.05, 4.69) is 0 Å². The molecule has 2 aromatic carbocycles. The van der Waals surface area contributed by atoms with E-state index < -0.39 is 15.4 Å². The number of halogens is 1. The zero-order valence-corrected chi connectivity index (χ0v) is 19.2. The summed E-state index contributed by atoms with van der Waals surface area (Å²) in [4.78, 5) is 27.5. The quantitative estimate of drug-likeness (QED) is 0.635. The van der Waals surface area contributed by atoms with Crippen molar-refractivity contribution in [2.24, 2.45) is 0 Å². The predicted molar refractivity (Wildman–Crippen MR) is 118 cm³/mol. The number of likely N-dealkylation sites (tertiary alicyclic amines) is 1. The van der Waals surface area contributed by atoms with Crippen molar-refractivity contribution in [3.63, 3.8) is 0 Å². The smallest absolute Gasteiger partial charge is 0.316 e. The van der Waals surface area contributed by atoms with Gasteiger partial charge in [0.1, 0.15) is 0 Å². The Labute approximate surface area is 187 Å². The maximum absolute atomic E-state index is 13.2. The number of carbonyl (C=O) groups is 2. The molecule has 0 aliphatic carbocycles. The largest absolute Gasteiger partial charge is 0.468 e. The van der Waals surface area contributed by atoms with Crippen LogP contribution in [0, 0.1) is 0 Å². The lowest BCUT2D eigenvalue weighted by Crippen LogP contribution is -2.49. The van der Waals surface area contributed by atoms with E-state index in [4.69, 9.17) is 16.3 Å². The van der Waals surface area contributed by atoms with Crippen molar-refractivity contribution in [2.45, 2.75) is 23.2 Å². The first kappa shape index (κ1) is 23.2. The zero-order chi connectivity index (χ0) is 22.8. The molecule has 1 aliphatic heterocycles. The molecule has 3 rings (SSSR count). The van der Waals surface area contributed by atoms with E-state index in [9.17, 15) is 18.0 Å². The van der Waals surface area contributed by atoms with Gasteiger partial charge in [-0.1, -0.05) is 41.9 Å². The van der Waals surface area contributed by atoms with Gasteiger partial charge in [-0.3, -0.25) is 9.59 Å². The molecule has 0 saturated carbocycles. The van der Waals surface area contributed by atoms with Crippen molar-refractivity contribution in [3.05, 3.63) is 64.7 Å². The molecule has 0 spiro atoms. The highest BCUT2D eigenvalue weighted by atomic mass is 35.5. The molecule has 9 heteroatoms. The Kier molecular flexibility index (Phi) is 6.73. The minimum absolute atomic E-state index is 0.00421. The summed E-state index contributed by atoms with van der Waals surface area (Å²) in [5.41, 5.74) is 0.146. The van der Waals surface area contributed by atoms with Gasteiger partial charge >= 0.3 is 5.97 Å².